The SMILES string of the molecule is CCCOc1cccc(C(N)c2ccc(CC)cc2)c1. The lowest BCUT2D eigenvalue weighted by Gasteiger charge is -2.14. The molecule has 0 aromatic heterocycles. The van der Waals surface area contributed by atoms with Crippen LogP contribution in [0.5, 0.6) is 5.75 Å². The second-order valence-corrected chi connectivity index (χ2v) is 4.99. The fourth-order valence-corrected chi connectivity index (χ4v) is 2.17. The van der Waals surface area contributed by atoms with Crippen molar-refractivity contribution in [2.45, 2.75) is 32.7 Å². The molecule has 2 rings (SSSR count). The summed E-state index contributed by atoms with van der Waals surface area (Å²) in [6.07, 6.45) is 2.06. The summed E-state index contributed by atoms with van der Waals surface area (Å²) < 4.78 is 5.66. The van der Waals surface area contributed by atoms with Gasteiger partial charge in [0.2, 0.25) is 0 Å². The molecule has 0 aliphatic carbocycles. The highest BCUT2D eigenvalue weighted by molar-refractivity contribution is 5.37. The molecule has 0 saturated carbocycles. The Morgan fingerprint density at radius 3 is 2.40 bits per heavy atom. The van der Waals surface area contributed by atoms with Crippen molar-refractivity contribution in [3.05, 3.63) is 65.2 Å². The van der Waals surface area contributed by atoms with Gasteiger partial charge < -0.3 is 10.5 Å². The Hall–Kier alpha value is -1.80. The molecule has 0 fully saturated rings. The number of ether oxygens (including phenoxy) is 1. The molecule has 1 atom stereocenters. The largest absolute Gasteiger partial charge is 0.494 e. The third-order valence-corrected chi connectivity index (χ3v) is 3.44. The van der Waals surface area contributed by atoms with Gasteiger partial charge in [0, 0.05) is 0 Å². The second kappa shape index (κ2) is 7.11. The minimum Gasteiger partial charge on any atom is -0.494 e. The Morgan fingerprint density at radius 1 is 1.00 bits per heavy atom. The number of benzene rings is 2. The predicted molar refractivity (Wildman–Crippen MR) is 84.1 cm³/mol. The Balaban J connectivity index is 2.16. The zero-order chi connectivity index (χ0) is 14.4. The van der Waals surface area contributed by atoms with Gasteiger partial charge in [0.1, 0.15) is 5.75 Å². The van der Waals surface area contributed by atoms with Gasteiger partial charge in [-0.25, -0.2) is 0 Å². The monoisotopic (exact) mass is 269 g/mol. The van der Waals surface area contributed by atoms with Crippen LogP contribution in [0, 0.1) is 0 Å². The van der Waals surface area contributed by atoms with Gasteiger partial charge in [-0.05, 0) is 41.7 Å². The average Bonchev–Trinajstić information content (AvgIpc) is 2.52. The van der Waals surface area contributed by atoms with E-state index in [1.54, 1.807) is 0 Å². The first-order valence-corrected chi connectivity index (χ1v) is 7.31. The van der Waals surface area contributed by atoms with Crippen LogP contribution in [0.1, 0.15) is 43.0 Å². The minimum absolute atomic E-state index is 0.105. The van der Waals surface area contributed by atoms with E-state index in [9.17, 15) is 0 Å². The highest BCUT2D eigenvalue weighted by Crippen LogP contribution is 2.23. The zero-order valence-corrected chi connectivity index (χ0v) is 12.3. The summed E-state index contributed by atoms with van der Waals surface area (Å²) in [5.41, 5.74) is 9.90. The number of hydrogen-bond donors (Lipinski definition) is 1. The summed E-state index contributed by atoms with van der Waals surface area (Å²) in [6, 6.07) is 16.5. The summed E-state index contributed by atoms with van der Waals surface area (Å²) in [6.45, 7) is 5.00. The quantitative estimate of drug-likeness (QED) is 0.857. The minimum atomic E-state index is -0.105. The molecular weight excluding hydrogens is 246 g/mol. The van der Waals surface area contributed by atoms with E-state index in [0.717, 1.165) is 36.3 Å². The van der Waals surface area contributed by atoms with Crippen molar-refractivity contribution in [3.63, 3.8) is 0 Å². The first kappa shape index (κ1) is 14.6. The summed E-state index contributed by atoms with van der Waals surface area (Å²) >= 11 is 0. The van der Waals surface area contributed by atoms with Gasteiger partial charge in [0.05, 0.1) is 12.6 Å². The van der Waals surface area contributed by atoms with Crippen LogP contribution in [0.2, 0.25) is 0 Å². The maximum absolute atomic E-state index is 6.35. The molecule has 0 bridgehead atoms. The van der Waals surface area contributed by atoms with Crippen LogP contribution in [0.25, 0.3) is 0 Å². The van der Waals surface area contributed by atoms with E-state index in [0.29, 0.717) is 0 Å². The third-order valence-electron chi connectivity index (χ3n) is 3.44. The van der Waals surface area contributed by atoms with E-state index in [2.05, 4.69) is 44.2 Å². The fourth-order valence-electron chi connectivity index (χ4n) is 2.17. The van der Waals surface area contributed by atoms with Gasteiger partial charge in [0.15, 0.2) is 0 Å². The molecule has 0 aliphatic rings. The molecule has 2 aromatic carbocycles. The molecule has 0 saturated heterocycles. The van der Waals surface area contributed by atoms with Gasteiger partial charge in [-0.2, -0.15) is 0 Å². The molecule has 0 radical (unpaired) electrons. The molecule has 2 aromatic rings. The van der Waals surface area contributed by atoms with Crippen LogP contribution in [0.4, 0.5) is 0 Å². The van der Waals surface area contributed by atoms with E-state index in [-0.39, 0.29) is 6.04 Å². The Labute approximate surface area is 121 Å². The van der Waals surface area contributed by atoms with Gasteiger partial charge >= 0.3 is 0 Å². The predicted octanol–water partition coefficient (Wildman–Crippen LogP) is 4.09. The normalized spacial score (nSPS) is 12.2. The van der Waals surface area contributed by atoms with Crippen LogP contribution < -0.4 is 10.5 Å². The lowest BCUT2D eigenvalue weighted by Crippen LogP contribution is -2.12. The number of rotatable bonds is 6. The summed E-state index contributed by atoms with van der Waals surface area (Å²) in [7, 11) is 0. The van der Waals surface area contributed by atoms with Crippen LogP contribution >= 0.6 is 0 Å². The van der Waals surface area contributed by atoms with Crippen molar-refractivity contribution in [2.24, 2.45) is 5.73 Å². The Morgan fingerprint density at radius 2 is 1.75 bits per heavy atom. The van der Waals surface area contributed by atoms with Crippen molar-refractivity contribution in [1.29, 1.82) is 0 Å². The molecule has 1 unspecified atom stereocenters. The average molecular weight is 269 g/mol. The van der Waals surface area contributed by atoms with E-state index in [1.807, 2.05) is 18.2 Å². The zero-order valence-electron chi connectivity index (χ0n) is 12.3. The number of nitrogens with two attached hydrogens (primary N) is 1. The fraction of sp³-hybridized carbons (Fsp3) is 0.333. The van der Waals surface area contributed by atoms with Crippen molar-refractivity contribution in [3.8, 4) is 5.75 Å². The third kappa shape index (κ3) is 3.61. The van der Waals surface area contributed by atoms with Crippen molar-refractivity contribution >= 4 is 0 Å². The standard InChI is InChI=1S/C18H23NO/c1-3-12-20-17-7-5-6-16(13-17)18(19)15-10-8-14(4-2)9-11-15/h5-11,13,18H,3-4,12,19H2,1-2H3. The molecule has 0 amide bonds. The van der Waals surface area contributed by atoms with E-state index in [1.165, 1.54) is 5.56 Å². The Kier molecular flexibility index (Phi) is 5.19. The van der Waals surface area contributed by atoms with Gasteiger partial charge in [-0.15, -0.1) is 0 Å². The second-order valence-electron chi connectivity index (χ2n) is 4.99. The van der Waals surface area contributed by atoms with Crippen LogP contribution in [-0.2, 0) is 6.42 Å². The van der Waals surface area contributed by atoms with Crippen LogP contribution in [0.15, 0.2) is 48.5 Å². The number of hydrogen-bond acceptors (Lipinski definition) is 2. The molecule has 0 spiro atoms. The molecule has 20 heavy (non-hydrogen) atoms. The molecule has 0 heterocycles. The van der Waals surface area contributed by atoms with Crippen LogP contribution in [-0.4, -0.2) is 6.61 Å². The maximum Gasteiger partial charge on any atom is 0.119 e. The van der Waals surface area contributed by atoms with E-state index < -0.39 is 0 Å². The van der Waals surface area contributed by atoms with Gasteiger partial charge in [-0.3, -0.25) is 0 Å². The van der Waals surface area contributed by atoms with Gasteiger partial charge in [-0.1, -0.05) is 50.2 Å². The maximum atomic E-state index is 6.35. The lowest BCUT2D eigenvalue weighted by atomic mass is 9.98. The number of aryl methyl sites for hydroxylation is 1. The molecule has 2 N–H and O–H groups in total. The Bertz CT molecular complexity index is 533. The topological polar surface area (TPSA) is 35.2 Å². The smallest absolute Gasteiger partial charge is 0.119 e. The lowest BCUT2D eigenvalue weighted by molar-refractivity contribution is 0.317. The van der Waals surface area contributed by atoms with Gasteiger partial charge in [0.25, 0.3) is 0 Å². The first-order valence-electron chi connectivity index (χ1n) is 7.31. The van der Waals surface area contributed by atoms with Crippen molar-refractivity contribution < 1.29 is 4.74 Å². The molecular formula is C18H23NO. The summed E-state index contributed by atoms with van der Waals surface area (Å²) in [5, 5.41) is 0. The molecule has 2 nitrogen and oxygen atoms in total. The summed E-state index contributed by atoms with van der Waals surface area (Å²) in [4.78, 5) is 0. The molecule has 0 aliphatic heterocycles. The van der Waals surface area contributed by atoms with E-state index in [4.69, 9.17) is 10.5 Å². The van der Waals surface area contributed by atoms with Crippen LogP contribution in [0.3, 0.4) is 0 Å². The van der Waals surface area contributed by atoms with Crippen molar-refractivity contribution in [2.75, 3.05) is 6.61 Å². The van der Waals surface area contributed by atoms with E-state index >= 15 is 0 Å². The van der Waals surface area contributed by atoms with Crippen molar-refractivity contribution in [1.82, 2.24) is 0 Å². The first-order chi connectivity index (χ1) is 9.74. The summed E-state index contributed by atoms with van der Waals surface area (Å²) in [5.74, 6) is 0.893. The highest BCUT2D eigenvalue weighted by Gasteiger charge is 2.09. The molecule has 106 valence electrons. The molecule has 2 heteroatoms. The highest BCUT2D eigenvalue weighted by atomic mass is 16.5.